The van der Waals surface area contributed by atoms with E-state index in [4.69, 9.17) is 5.73 Å². The lowest BCUT2D eigenvalue weighted by Crippen LogP contribution is -2.06. The van der Waals surface area contributed by atoms with Crippen molar-refractivity contribution in [3.63, 3.8) is 0 Å². The number of hydrogen-bond donors (Lipinski definition) is 1. The maximum atomic E-state index is 5.97. The molecular formula is C12H14IN3. The third kappa shape index (κ3) is 2.21. The van der Waals surface area contributed by atoms with Crippen molar-refractivity contribution in [3.8, 4) is 0 Å². The zero-order valence-electron chi connectivity index (χ0n) is 9.37. The van der Waals surface area contributed by atoms with Crippen LogP contribution in [0, 0.1) is 17.4 Å². The first-order valence-corrected chi connectivity index (χ1v) is 6.19. The summed E-state index contributed by atoms with van der Waals surface area (Å²) in [7, 11) is 0. The van der Waals surface area contributed by atoms with E-state index in [9.17, 15) is 0 Å². The third-order valence-electron chi connectivity index (χ3n) is 2.54. The third-order valence-corrected chi connectivity index (χ3v) is 3.88. The van der Waals surface area contributed by atoms with Crippen LogP contribution in [-0.2, 0) is 6.54 Å². The molecule has 4 heteroatoms. The second kappa shape index (κ2) is 4.45. The maximum Gasteiger partial charge on any atom is 0.135 e. The lowest BCUT2D eigenvalue weighted by molar-refractivity contribution is 0.689. The van der Waals surface area contributed by atoms with Gasteiger partial charge in [-0.3, -0.25) is 0 Å². The van der Waals surface area contributed by atoms with E-state index in [-0.39, 0.29) is 0 Å². The second-order valence-electron chi connectivity index (χ2n) is 3.93. The first kappa shape index (κ1) is 11.4. The minimum absolute atomic E-state index is 0.732. The van der Waals surface area contributed by atoms with Crippen LogP contribution in [0.25, 0.3) is 0 Å². The van der Waals surface area contributed by atoms with Gasteiger partial charge in [0.2, 0.25) is 0 Å². The molecule has 2 N–H and O–H groups in total. The molecule has 0 aliphatic carbocycles. The first-order chi connectivity index (χ1) is 7.58. The van der Waals surface area contributed by atoms with Gasteiger partial charge in [-0.05, 0) is 42.0 Å². The van der Waals surface area contributed by atoms with Crippen molar-refractivity contribution in [2.45, 2.75) is 20.4 Å². The molecule has 0 aliphatic heterocycles. The minimum atomic E-state index is 0.732. The van der Waals surface area contributed by atoms with E-state index in [2.05, 4.69) is 58.9 Å². The highest BCUT2D eigenvalue weighted by atomic mass is 127. The van der Waals surface area contributed by atoms with Gasteiger partial charge in [0.15, 0.2) is 0 Å². The Morgan fingerprint density at radius 1 is 1.25 bits per heavy atom. The quantitative estimate of drug-likeness (QED) is 0.862. The van der Waals surface area contributed by atoms with E-state index in [1.165, 1.54) is 11.1 Å². The second-order valence-corrected chi connectivity index (χ2v) is 5.01. The highest BCUT2D eigenvalue weighted by Crippen LogP contribution is 2.19. The fourth-order valence-electron chi connectivity index (χ4n) is 1.56. The Morgan fingerprint density at radius 3 is 2.38 bits per heavy atom. The van der Waals surface area contributed by atoms with Crippen LogP contribution in [0.4, 0.5) is 5.82 Å². The average molecular weight is 327 g/mol. The van der Waals surface area contributed by atoms with Crippen molar-refractivity contribution in [3.05, 3.63) is 44.7 Å². The van der Waals surface area contributed by atoms with Gasteiger partial charge in [-0.2, -0.15) is 5.10 Å². The average Bonchev–Trinajstić information content (AvgIpc) is 2.50. The van der Waals surface area contributed by atoms with Gasteiger partial charge in [-0.25, -0.2) is 4.68 Å². The topological polar surface area (TPSA) is 43.8 Å². The normalized spacial score (nSPS) is 10.7. The van der Waals surface area contributed by atoms with Crippen LogP contribution in [0.3, 0.4) is 0 Å². The maximum absolute atomic E-state index is 5.97. The van der Waals surface area contributed by atoms with Crippen LogP contribution < -0.4 is 5.73 Å². The van der Waals surface area contributed by atoms with Crippen molar-refractivity contribution in [1.82, 2.24) is 9.78 Å². The molecule has 0 radical (unpaired) electrons. The molecule has 1 aromatic heterocycles. The lowest BCUT2D eigenvalue weighted by atomic mass is 10.1. The summed E-state index contributed by atoms with van der Waals surface area (Å²) >= 11 is 2.23. The van der Waals surface area contributed by atoms with E-state index < -0.39 is 0 Å². The van der Waals surface area contributed by atoms with E-state index in [1.54, 1.807) is 0 Å². The van der Waals surface area contributed by atoms with Crippen LogP contribution in [0.5, 0.6) is 0 Å². The summed E-state index contributed by atoms with van der Waals surface area (Å²) in [6.07, 6.45) is 0. The van der Waals surface area contributed by atoms with Crippen LogP contribution in [0.15, 0.2) is 24.3 Å². The van der Waals surface area contributed by atoms with Crippen molar-refractivity contribution >= 4 is 28.4 Å². The number of hydrogen-bond acceptors (Lipinski definition) is 2. The van der Waals surface area contributed by atoms with Gasteiger partial charge in [-0.1, -0.05) is 29.8 Å². The molecule has 0 aliphatic rings. The number of benzene rings is 1. The van der Waals surface area contributed by atoms with Crippen molar-refractivity contribution < 1.29 is 0 Å². The molecule has 16 heavy (non-hydrogen) atoms. The largest absolute Gasteiger partial charge is 0.383 e. The van der Waals surface area contributed by atoms with Crippen LogP contribution in [0.2, 0.25) is 0 Å². The molecule has 1 heterocycles. The number of nitrogens with two attached hydrogens (primary N) is 1. The smallest absolute Gasteiger partial charge is 0.135 e. The summed E-state index contributed by atoms with van der Waals surface area (Å²) in [4.78, 5) is 0. The number of halogens is 1. The molecule has 2 aromatic rings. The van der Waals surface area contributed by atoms with Crippen LogP contribution in [0.1, 0.15) is 16.8 Å². The summed E-state index contributed by atoms with van der Waals surface area (Å²) in [5, 5.41) is 4.41. The fraction of sp³-hybridized carbons (Fsp3) is 0.250. The van der Waals surface area contributed by atoms with E-state index in [1.807, 2.05) is 11.6 Å². The Balaban J connectivity index is 2.27. The Kier molecular flexibility index (Phi) is 3.18. The lowest BCUT2D eigenvalue weighted by Gasteiger charge is -2.04. The van der Waals surface area contributed by atoms with Gasteiger partial charge in [-0.15, -0.1) is 0 Å². The molecule has 0 atom stereocenters. The van der Waals surface area contributed by atoms with Gasteiger partial charge < -0.3 is 5.73 Å². The number of nitrogen functional groups attached to an aromatic ring is 1. The molecule has 0 fully saturated rings. The van der Waals surface area contributed by atoms with Gasteiger partial charge in [0.1, 0.15) is 5.82 Å². The number of aryl methyl sites for hydroxylation is 2. The Morgan fingerprint density at radius 2 is 1.88 bits per heavy atom. The zero-order valence-corrected chi connectivity index (χ0v) is 11.5. The molecule has 0 spiro atoms. The monoisotopic (exact) mass is 327 g/mol. The fourth-order valence-corrected chi connectivity index (χ4v) is 1.95. The van der Waals surface area contributed by atoms with Gasteiger partial charge in [0.05, 0.1) is 15.8 Å². The minimum Gasteiger partial charge on any atom is -0.383 e. The molecular weight excluding hydrogens is 313 g/mol. The summed E-state index contributed by atoms with van der Waals surface area (Å²) in [6, 6.07) is 8.43. The highest BCUT2D eigenvalue weighted by Gasteiger charge is 2.09. The number of rotatable bonds is 2. The molecule has 2 rings (SSSR count). The summed E-state index contributed by atoms with van der Waals surface area (Å²) in [6.45, 7) is 4.79. The molecule has 1 aromatic carbocycles. The number of nitrogens with zero attached hydrogens (tertiary/aromatic N) is 2. The van der Waals surface area contributed by atoms with Crippen molar-refractivity contribution in [2.24, 2.45) is 0 Å². The van der Waals surface area contributed by atoms with Gasteiger partial charge in [0.25, 0.3) is 0 Å². The summed E-state index contributed by atoms with van der Waals surface area (Å²) < 4.78 is 2.90. The van der Waals surface area contributed by atoms with Crippen LogP contribution in [-0.4, -0.2) is 9.78 Å². The summed E-state index contributed by atoms with van der Waals surface area (Å²) in [5.41, 5.74) is 9.45. The van der Waals surface area contributed by atoms with E-state index in [0.717, 1.165) is 21.6 Å². The molecule has 3 nitrogen and oxygen atoms in total. The van der Waals surface area contributed by atoms with Crippen molar-refractivity contribution in [2.75, 3.05) is 5.73 Å². The van der Waals surface area contributed by atoms with Gasteiger partial charge >= 0.3 is 0 Å². The standard InChI is InChI=1S/C12H14IN3/c1-8-3-5-10(6-4-8)7-16-12(14)11(13)9(2)15-16/h3-6H,7,14H2,1-2H3. The SMILES string of the molecule is Cc1ccc(Cn2nc(C)c(I)c2N)cc1. The highest BCUT2D eigenvalue weighted by molar-refractivity contribution is 14.1. The predicted octanol–water partition coefficient (Wildman–Crippen LogP) is 2.74. The molecule has 0 amide bonds. The Hall–Kier alpha value is -1.04. The molecule has 0 bridgehead atoms. The van der Waals surface area contributed by atoms with E-state index >= 15 is 0 Å². The Bertz CT molecular complexity index is 500. The zero-order chi connectivity index (χ0) is 11.7. The molecule has 0 unspecified atom stereocenters. The predicted molar refractivity (Wildman–Crippen MR) is 74.4 cm³/mol. The van der Waals surface area contributed by atoms with Crippen molar-refractivity contribution in [1.29, 1.82) is 0 Å². The summed E-state index contributed by atoms with van der Waals surface area (Å²) in [5.74, 6) is 0.749. The van der Waals surface area contributed by atoms with Gasteiger partial charge in [0, 0.05) is 0 Å². The molecule has 84 valence electrons. The number of anilines is 1. The first-order valence-electron chi connectivity index (χ1n) is 5.12. The molecule has 0 saturated carbocycles. The van der Waals surface area contributed by atoms with Crippen LogP contribution >= 0.6 is 22.6 Å². The molecule has 0 saturated heterocycles. The number of aromatic nitrogens is 2. The van der Waals surface area contributed by atoms with E-state index in [0.29, 0.717) is 0 Å². The Labute approximate surface area is 109 Å².